The van der Waals surface area contributed by atoms with Gasteiger partial charge in [-0.2, -0.15) is 0 Å². The lowest BCUT2D eigenvalue weighted by atomic mass is 10.1. The summed E-state index contributed by atoms with van der Waals surface area (Å²) >= 11 is 0. The Morgan fingerprint density at radius 3 is 2.37 bits per heavy atom. The zero-order valence-corrected chi connectivity index (χ0v) is 17.8. The first-order valence-corrected chi connectivity index (χ1v) is 10.5. The molecule has 0 aromatic heterocycles. The number of carbonyl (C=O) groups excluding carboxylic acids is 2. The monoisotopic (exact) mass is 410 g/mol. The van der Waals surface area contributed by atoms with Crippen LogP contribution in [0.25, 0.3) is 0 Å². The number of hydrogen-bond acceptors (Lipinski definition) is 5. The van der Waals surface area contributed by atoms with Gasteiger partial charge in [0.15, 0.2) is 5.78 Å². The molecule has 6 heteroatoms. The summed E-state index contributed by atoms with van der Waals surface area (Å²) in [6.45, 7) is 7.66. The number of nitrogens with zero attached hydrogens (tertiary/aromatic N) is 1. The van der Waals surface area contributed by atoms with Gasteiger partial charge in [-0.05, 0) is 55.7 Å². The van der Waals surface area contributed by atoms with Crippen molar-refractivity contribution >= 4 is 17.4 Å². The van der Waals surface area contributed by atoms with Crippen molar-refractivity contribution in [3.63, 3.8) is 0 Å². The van der Waals surface area contributed by atoms with Crippen molar-refractivity contribution in [2.45, 2.75) is 26.7 Å². The highest BCUT2D eigenvalue weighted by atomic mass is 16.5. The summed E-state index contributed by atoms with van der Waals surface area (Å²) < 4.78 is 11.2. The average molecular weight is 411 g/mol. The molecule has 1 aliphatic rings. The molecule has 0 radical (unpaired) electrons. The van der Waals surface area contributed by atoms with E-state index in [1.807, 2.05) is 56.3 Å². The van der Waals surface area contributed by atoms with Gasteiger partial charge in [0.05, 0.1) is 26.4 Å². The Morgan fingerprint density at radius 1 is 1.03 bits per heavy atom. The molecule has 1 saturated heterocycles. The van der Waals surface area contributed by atoms with Gasteiger partial charge in [-0.3, -0.25) is 9.59 Å². The lowest BCUT2D eigenvalue weighted by Crippen LogP contribution is -2.36. The van der Waals surface area contributed by atoms with Gasteiger partial charge < -0.3 is 19.7 Å². The number of carbonyl (C=O) groups is 2. The highest BCUT2D eigenvalue weighted by Gasteiger charge is 2.13. The topological polar surface area (TPSA) is 67.9 Å². The minimum atomic E-state index is -0.140. The summed E-state index contributed by atoms with van der Waals surface area (Å²) in [4.78, 5) is 26.6. The second kappa shape index (κ2) is 10.8. The van der Waals surface area contributed by atoms with Crippen LogP contribution in [0.15, 0.2) is 42.5 Å². The molecule has 1 heterocycles. The number of amides is 1. The predicted octanol–water partition coefficient (Wildman–Crippen LogP) is 3.30. The van der Waals surface area contributed by atoms with Crippen LogP contribution in [0.2, 0.25) is 0 Å². The summed E-state index contributed by atoms with van der Waals surface area (Å²) in [5.41, 5.74) is 3.86. The number of rotatable bonds is 9. The van der Waals surface area contributed by atoms with E-state index in [0.717, 1.165) is 48.9 Å². The van der Waals surface area contributed by atoms with Crippen molar-refractivity contribution in [2.75, 3.05) is 44.4 Å². The second-order valence-electron chi connectivity index (χ2n) is 7.52. The maximum atomic E-state index is 12.4. The maximum Gasteiger partial charge on any atom is 0.220 e. The van der Waals surface area contributed by atoms with E-state index in [2.05, 4.69) is 10.2 Å². The normalized spacial score (nSPS) is 13.7. The molecular weight excluding hydrogens is 380 g/mol. The Balaban J connectivity index is 1.37. The number of ketones is 1. The van der Waals surface area contributed by atoms with E-state index >= 15 is 0 Å². The minimum absolute atomic E-state index is 0.00743. The molecule has 6 nitrogen and oxygen atoms in total. The standard InChI is InChI=1S/C24H30N2O4/c1-18-5-3-6-19(2)24(18)30-14-4-7-23(28)25-17-22(27)20-8-10-21(11-9-20)26-12-15-29-16-13-26/h3,5-6,8-11H,4,7,12-17H2,1-2H3,(H,25,28). The van der Waals surface area contributed by atoms with Gasteiger partial charge in [-0.25, -0.2) is 0 Å². The third-order valence-corrected chi connectivity index (χ3v) is 5.21. The molecule has 0 spiro atoms. The molecule has 0 saturated carbocycles. The van der Waals surface area contributed by atoms with E-state index in [-0.39, 0.29) is 18.2 Å². The van der Waals surface area contributed by atoms with Crippen molar-refractivity contribution in [3.8, 4) is 5.75 Å². The number of anilines is 1. The van der Waals surface area contributed by atoms with E-state index in [1.165, 1.54) is 0 Å². The minimum Gasteiger partial charge on any atom is -0.493 e. The van der Waals surface area contributed by atoms with Crippen LogP contribution < -0.4 is 15.0 Å². The Labute approximate surface area is 178 Å². The fourth-order valence-corrected chi connectivity index (χ4v) is 3.48. The third kappa shape index (κ3) is 6.07. The van der Waals surface area contributed by atoms with Crippen LogP contribution in [-0.2, 0) is 9.53 Å². The number of morpholine rings is 1. The Morgan fingerprint density at radius 2 is 1.70 bits per heavy atom. The van der Waals surface area contributed by atoms with Crippen LogP contribution in [0.5, 0.6) is 5.75 Å². The first kappa shape index (κ1) is 21.8. The smallest absolute Gasteiger partial charge is 0.220 e. The highest BCUT2D eigenvalue weighted by molar-refractivity contribution is 5.99. The molecule has 0 unspecified atom stereocenters. The molecule has 2 aromatic rings. The predicted molar refractivity (Wildman–Crippen MR) is 117 cm³/mol. The Hall–Kier alpha value is -2.86. The van der Waals surface area contributed by atoms with Crippen LogP contribution in [0.1, 0.15) is 34.3 Å². The number of aryl methyl sites for hydroxylation is 2. The number of ether oxygens (including phenoxy) is 2. The fraction of sp³-hybridized carbons (Fsp3) is 0.417. The molecule has 0 aliphatic carbocycles. The molecule has 0 atom stereocenters. The number of nitrogens with one attached hydrogen (secondary N) is 1. The first-order valence-electron chi connectivity index (χ1n) is 10.5. The molecule has 1 amide bonds. The molecule has 1 aliphatic heterocycles. The van der Waals surface area contributed by atoms with Crippen molar-refractivity contribution in [3.05, 3.63) is 59.2 Å². The van der Waals surface area contributed by atoms with Crippen molar-refractivity contribution < 1.29 is 19.1 Å². The first-order chi connectivity index (χ1) is 14.5. The van der Waals surface area contributed by atoms with Gasteiger partial charge in [-0.1, -0.05) is 18.2 Å². The summed E-state index contributed by atoms with van der Waals surface area (Å²) in [6.07, 6.45) is 0.927. The molecular formula is C24H30N2O4. The summed E-state index contributed by atoms with van der Waals surface area (Å²) in [5.74, 6) is 0.649. The Kier molecular flexibility index (Phi) is 7.85. The van der Waals surface area contributed by atoms with Gasteiger partial charge in [0.25, 0.3) is 0 Å². The number of benzene rings is 2. The maximum absolute atomic E-state index is 12.4. The van der Waals surface area contributed by atoms with E-state index < -0.39 is 0 Å². The van der Waals surface area contributed by atoms with Gasteiger partial charge in [-0.15, -0.1) is 0 Å². The average Bonchev–Trinajstić information content (AvgIpc) is 2.77. The molecule has 160 valence electrons. The summed E-state index contributed by atoms with van der Waals surface area (Å²) in [6, 6.07) is 13.5. The van der Waals surface area contributed by atoms with Crippen LogP contribution >= 0.6 is 0 Å². The quantitative estimate of drug-likeness (QED) is 0.508. The summed E-state index contributed by atoms with van der Waals surface area (Å²) in [5, 5.41) is 2.71. The van der Waals surface area contributed by atoms with E-state index in [4.69, 9.17) is 9.47 Å². The largest absolute Gasteiger partial charge is 0.493 e. The van der Waals surface area contributed by atoms with Crippen LogP contribution in [-0.4, -0.2) is 51.1 Å². The summed E-state index contributed by atoms with van der Waals surface area (Å²) in [7, 11) is 0. The molecule has 30 heavy (non-hydrogen) atoms. The van der Waals surface area contributed by atoms with E-state index in [1.54, 1.807) is 0 Å². The molecule has 2 aromatic carbocycles. The van der Waals surface area contributed by atoms with Crippen LogP contribution in [0.4, 0.5) is 5.69 Å². The molecule has 3 rings (SSSR count). The number of hydrogen-bond donors (Lipinski definition) is 1. The molecule has 1 fully saturated rings. The van der Waals surface area contributed by atoms with Crippen molar-refractivity contribution in [2.24, 2.45) is 0 Å². The van der Waals surface area contributed by atoms with E-state index in [9.17, 15) is 9.59 Å². The number of para-hydroxylation sites is 1. The van der Waals surface area contributed by atoms with Crippen LogP contribution in [0.3, 0.4) is 0 Å². The lowest BCUT2D eigenvalue weighted by molar-refractivity contribution is -0.121. The van der Waals surface area contributed by atoms with E-state index in [0.29, 0.717) is 25.0 Å². The SMILES string of the molecule is Cc1cccc(C)c1OCCCC(=O)NCC(=O)c1ccc(N2CCOCC2)cc1. The third-order valence-electron chi connectivity index (χ3n) is 5.21. The van der Waals surface area contributed by atoms with Gasteiger partial charge >= 0.3 is 0 Å². The second-order valence-corrected chi connectivity index (χ2v) is 7.52. The zero-order valence-electron chi connectivity index (χ0n) is 17.8. The fourth-order valence-electron chi connectivity index (χ4n) is 3.48. The van der Waals surface area contributed by atoms with Crippen molar-refractivity contribution in [1.29, 1.82) is 0 Å². The van der Waals surface area contributed by atoms with Gasteiger partial charge in [0.2, 0.25) is 5.91 Å². The van der Waals surface area contributed by atoms with Gasteiger partial charge in [0.1, 0.15) is 5.75 Å². The van der Waals surface area contributed by atoms with Gasteiger partial charge in [0, 0.05) is 30.8 Å². The lowest BCUT2D eigenvalue weighted by Gasteiger charge is -2.28. The van der Waals surface area contributed by atoms with Crippen LogP contribution in [0, 0.1) is 13.8 Å². The zero-order chi connectivity index (χ0) is 21.3. The number of Topliss-reactive ketones (excluding diaryl/α,β-unsaturated/α-hetero) is 1. The van der Waals surface area contributed by atoms with Crippen molar-refractivity contribution in [1.82, 2.24) is 5.32 Å². The highest BCUT2D eigenvalue weighted by Crippen LogP contribution is 2.22. The Bertz CT molecular complexity index is 838. The molecule has 0 bridgehead atoms. The molecule has 1 N–H and O–H groups in total.